The predicted molar refractivity (Wildman–Crippen MR) is 75.9 cm³/mol. The number of pyridine rings is 1. The number of rotatable bonds is 2. The third-order valence-corrected chi connectivity index (χ3v) is 2.72. The van der Waals surface area contributed by atoms with Crippen LogP contribution in [0, 0.1) is 0 Å². The van der Waals surface area contributed by atoms with Crippen molar-refractivity contribution in [2.75, 3.05) is 11.9 Å². The van der Waals surface area contributed by atoms with Crippen LogP contribution in [0.15, 0.2) is 18.3 Å². The summed E-state index contributed by atoms with van der Waals surface area (Å²) in [7, 11) is 0. The summed E-state index contributed by atoms with van der Waals surface area (Å²) in [5.74, 6) is 0.629. The molecule has 1 aromatic rings. The number of aryl methyl sites for hydroxylation is 1. The Kier molecular flexibility index (Phi) is 3.88. The highest BCUT2D eigenvalue weighted by atomic mass is 16.6. The van der Waals surface area contributed by atoms with E-state index >= 15 is 0 Å². The van der Waals surface area contributed by atoms with E-state index in [4.69, 9.17) is 4.74 Å². The van der Waals surface area contributed by atoms with Crippen LogP contribution in [-0.2, 0) is 16.0 Å². The zero-order valence-corrected chi connectivity index (χ0v) is 11.7. The van der Waals surface area contributed by atoms with Crippen LogP contribution < -0.4 is 5.32 Å². The monoisotopic (exact) mass is 260 g/mol. The Morgan fingerprint density at radius 3 is 3.00 bits per heavy atom. The number of carbonyl (C=O) groups excluding carboxylic acids is 1. The summed E-state index contributed by atoms with van der Waals surface area (Å²) >= 11 is 0. The molecule has 0 aliphatic carbocycles. The normalized spacial score (nSPS) is 14.9. The predicted octanol–water partition coefficient (Wildman–Crippen LogP) is 2.79. The molecule has 0 aromatic carbocycles. The Bertz CT molecular complexity index is 501. The fourth-order valence-corrected chi connectivity index (χ4v) is 1.96. The quantitative estimate of drug-likeness (QED) is 0.656. The summed E-state index contributed by atoms with van der Waals surface area (Å²) in [4.78, 5) is 15.9. The largest absolute Gasteiger partial charge is 0.457 e. The summed E-state index contributed by atoms with van der Waals surface area (Å²) in [6.45, 7) is 6.54. The number of aromatic nitrogens is 1. The molecule has 0 fully saturated rings. The second-order valence-corrected chi connectivity index (χ2v) is 5.67. The van der Waals surface area contributed by atoms with E-state index in [2.05, 4.69) is 16.4 Å². The number of carbonyl (C=O) groups is 1. The van der Waals surface area contributed by atoms with Gasteiger partial charge in [-0.05, 0) is 56.9 Å². The summed E-state index contributed by atoms with van der Waals surface area (Å²) < 4.78 is 5.21. The lowest BCUT2D eigenvalue weighted by atomic mass is 10.1. The van der Waals surface area contributed by atoms with E-state index in [0.29, 0.717) is 0 Å². The molecule has 0 bridgehead atoms. The molecule has 4 nitrogen and oxygen atoms in total. The minimum Gasteiger partial charge on any atom is -0.457 e. The van der Waals surface area contributed by atoms with Gasteiger partial charge in [-0.2, -0.15) is 0 Å². The number of hydrogen-bond donors (Lipinski definition) is 1. The van der Waals surface area contributed by atoms with Crippen LogP contribution in [0.1, 0.15) is 38.3 Å². The average molecular weight is 260 g/mol. The third-order valence-electron chi connectivity index (χ3n) is 2.72. The highest BCUT2D eigenvalue weighted by molar-refractivity contribution is 5.87. The van der Waals surface area contributed by atoms with Gasteiger partial charge in [0, 0.05) is 18.8 Å². The van der Waals surface area contributed by atoms with Gasteiger partial charge in [0.25, 0.3) is 0 Å². The molecule has 1 aromatic heterocycles. The maximum Gasteiger partial charge on any atom is 0.331 e. The Morgan fingerprint density at radius 2 is 2.26 bits per heavy atom. The zero-order chi connectivity index (χ0) is 13.9. The molecule has 1 aliphatic rings. The molecule has 0 unspecified atom stereocenters. The zero-order valence-electron chi connectivity index (χ0n) is 11.7. The van der Waals surface area contributed by atoms with Crippen LogP contribution in [0.25, 0.3) is 6.08 Å². The van der Waals surface area contributed by atoms with Crippen LogP contribution in [-0.4, -0.2) is 23.1 Å². The smallest absolute Gasteiger partial charge is 0.331 e. The van der Waals surface area contributed by atoms with Crippen molar-refractivity contribution in [2.45, 2.75) is 39.2 Å². The standard InChI is InChI=1S/C15H20N2O2/c1-15(2,3)19-13(18)7-6-11-9-12-5-4-8-16-14(12)17-10-11/h6-7,9-10H,4-5,8H2,1-3H3,(H,16,17)/b7-6+. The number of nitrogens with one attached hydrogen (secondary N) is 1. The van der Waals surface area contributed by atoms with Gasteiger partial charge >= 0.3 is 5.97 Å². The molecule has 2 rings (SSSR count). The van der Waals surface area contributed by atoms with Crippen molar-refractivity contribution in [1.29, 1.82) is 0 Å². The van der Waals surface area contributed by atoms with E-state index in [-0.39, 0.29) is 5.97 Å². The first-order valence-electron chi connectivity index (χ1n) is 6.58. The van der Waals surface area contributed by atoms with Crippen LogP contribution in [0.5, 0.6) is 0 Å². The van der Waals surface area contributed by atoms with Crippen molar-refractivity contribution in [3.63, 3.8) is 0 Å². The third kappa shape index (κ3) is 4.09. The van der Waals surface area contributed by atoms with E-state index in [1.165, 1.54) is 11.6 Å². The van der Waals surface area contributed by atoms with Gasteiger partial charge in [-0.25, -0.2) is 9.78 Å². The molecule has 0 atom stereocenters. The topological polar surface area (TPSA) is 51.2 Å². The molecule has 0 saturated heterocycles. The second kappa shape index (κ2) is 5.43. The van der Waals surface area contributed by atoms with Gasteiger partial charge in [-0.1, -0.05) is 0 Å². The molecule has 19 heavy (non-hydrogen) atoms. The van der Waals surface area contributed by atoms with Crippen molar-refractivity contribution < 1.29 is 9.53 Å². The molecule has 0 spiro atoms. The lowest BCUT2D eigenvalue weighted by Crippen LogP contribution is -2.22. The SMILES string of the molecule is CC(C)(C)OC(=O)/C=C/c1cnc2c(c1)CCCN2. The molecular formula is C15H20N2O2. The number of fused-ring (bicyclic) bond motifs is 1. The average Bonchev–Trinajstić information content (AvgIpc) is 2.34. The van der Waals surface area contributed by atoms with E-state index < -0.39 is 5.60 Å². The van der Waals surface area contributed by atoms with Gasteiger partial charge in [0.1, 0.15) is 11.4 Å². The Balaban J connectivity index is 2.05. The van der Waals surface area contributed by atoms with Gasteiger partial charge in [0.15, 0.2) is 0 Å². The van der Waals surface area contributed by atoms with Crippen molar-refractivity contribution in [3.05, 3.63) is 29.5 Å². The Morgan fingerprint density at radius 1 is 1.47 bits per heavy atom. The number of anilines is 1. The molecule has 2 heterocycles. The van der Waals surface area contributed by atoms with Crippen molar-refractivity contribution in [1.82, 2.24) is 4.98 Å². The molecule has 4 heteroatoms. The maximum absolute atomic E-state index is 11.6. The fourth-order valence-electron chi connectivity index (χ4n) is 1.96. The maximum atomic E-state index is 11.6. The summed E-state index contributed by atoms with van der Waals surface area (Å²) in [6, 6.07) is 2.06. The minimum atomic E-state index is -0.459. The van der Waals surface area contributed by atoms with Gasteiger partial charge in [0.05, 0.1) is 0 Å². The van der Waals surface area contributed by atoms with Crippen LogP contribution in [0.2, 0.25) is 0 Å². The van der Waals surface area contributed by atoms with E-state index in [1.54, 1.807) is 12.3 Å². The molecule has 1 N–H and O–H groups in total. The van der Waals surface area contributed by atoms with Crippen molar-refractivity contribution >= 4 is 17.9 Å². The molecule has 0 radical (unpaired) electrons. The number of ether oxygens (including phenoxy) is 1. The van der Waals surface area contributed by atoms with Crippen molar-refractivity contribution in [2.24, 2.45) is 0 Å². The molecule has 0 amide bonds. The molecular weight excluding hydrogens is 240 g/mol. The van der Waals surface area contributed by atoms with E-state index in [9.17, 15) is 4.79 Å². The van der Waals surface area contributed by atoms with E-state index in [1.807, 2.05) is 20.8 Å². The number of esters is 1. The van der Waals surface area contributed by atoms with Gasteiger partial charge in [0.2, 0.25) is 0 Å². The second-order valence-electron chi connectivity index (χ2n) is 5.67. The van der Waals surface area contributed by atoms with Crippen LogP contribution >= 0.6 is 0 Å². The van der Waals surface area contributed by atoms with Gasteiger partial charge in [-0.3, -0.25) is 0 Å². The van der Waals surface area contributed by atoms with Gasteiger partial charge < -0.3 is 10.1 Å². The fraction of sp³-hybridized carbons (Fsp3) is 0.467. The first kappa shape index (κ1) is 13.6. The first-order valence-corrected chi connectivity index (χ1v) is 6.58. The minimum absolute atomic E-state index is 0.330. The highest BCUT2D eigenvalue weighted by Crippen LogP contribution is 2.20. The van der Waals surface area contributed by atoms with Crippen molar-refractivity contribution in [3.8, 4) is 0 Å². The lowest BCUT2D eigenvalue weighted by Gasteiger charge is -2.18. The summed E-state index contributed by atoms with van der Waals surface area (Å²) in [5.41, 5.74) is 1.67. The Labute approximate surface area is 113 Å². The van der Waals surface area contributed by atoms with Crippen LogP contribution in [0.4, 0.5) is 5.82 Å². The highest BCUT2D eigenvalue weighted by Gasteiger charge is 2.14. The molecule has 1 aliphatic heterocycles. The number of nitrogens with zero attached hydrogens (tertiary/aromatic N) is 1. The lowest BCUT2D eigenvalue weighted by molar-refractivity contribution is -0.148. The van der Waals surface area contributed by atoms with E-state index in [0.717, 1.165) is 30.8 Å². The Hall–Kier alpha value is -1.84. The van der Waals surface area contributed by atoms with Gasteiger partial charge in [-0.15, -0.1) is 0 Å². The summed E-state index contributed by atoms with van der Waals surface area (Å²) in [6.07, 6.45) is 7.11. The summed E-state index contributed by atoms with van der Waals surface area (Å²) in [5, 5.41) is 3.26. The number of hydrogen-bond acceptors (Lipinski definition) is 4. The van der Waals surface area contributed by atoms with Crippen LogP contribution in [0.3, 0.4) is 0 Å². The first-order chi connectivity index (χ1) is 8.94. The molecule has 0 saturated carbocycles. The molecule has 102 valence electrons.